The molecular formula is C23H28N2O2. The van der Waals surface area contributed by atoms with Crippen molar-refractivity contribution in [3.8, 4) is 0 Å². The Labute approximate surface area is 161 Å². The highest BCUT2D eigenvalue weighted by molar-refractivity contribution is 5.91. The maximum atomic E-state index is 12.5. The lowest BCUT2D eigenvalue weighted by Gasteiger charge is -2.40. The van der Waals surface area contributed by atoms with Crippen molar-refractivity contribution in [2.45, 2.75) is 25.7 Å². The maximum absolute atomic E-state index is 12.5. The van der Waals surface area contributed by atoms with Crippen molar-refractivity contribution in [3.63, 3.8) is 0 Å². The molecule has 0 saturated carbocycles. The molecule has 0 bridgehead atoms. The van der Waals surface area contributed by atoms with E-state index in [-0.39, 0.29) is 11.3 Å². The van der Waals surface area contributed by atoms with Gasteiger partial charge in [0.05, 0.1) is 6.26 Å². The highest BCUT2D eigenvalue weighted by Crippen LogP contribution is 2.39. The third-order valence-corrected chi connectivity index (χ3v) is 5.98. The molecule has 4 heteroatoms. The van der Waals surface area contributed by atoms with Gasteiger partial charge in [-0.2, -0.15) is 0 Å². The van der Waals surface area contributed by atoms with Crippen LogP contribution in [0.2, 0.25) is 0 Å². The monoisotopic (exact) mass is 364 g/mol. The summed E-state index contributed by atoms with van der Waals surface area (Å²) in [6.07, 6.45) is 9.73. The second-order valence-electron chi connectivity index (χ2n) is 7.97. The minimum absolute atomic E-state index is 0.102. The number of amides is 1. The summed E-state index contributed by atoms with van der Waals surface area (Å²) in [5.74, 6) is 0.826. The number of carbonyl (C=O) groups excluding carboxylic acids is 1. The molecule has 1 aromatic heterocycles. The fourth-order valence-corrected chi connectivity index (χ4v) is 4.53. The molecule has 0 N–H and O–H groups in total. The average molecular weight is 364 g/mol. The van der Waals surface area contributed by atoms with Gasteiger partial charge in [-0.05, 0) is 56.0 Å². The number of nitrogens with zero attached hydrogens (tertiary/aromatic N) is 2. The molecule has 3 heterocycles. The summed E-state index contributed by atoms with van der Waals surface area (Å²) in [7, 11) is 0. The third-order valence-electron chi connectivity index (χ3n) is 5.98. The molecule has 1 unspecified atom stereocenters. The van der Waals surface area contributed by atoms with E-state index in [0.717, 1.165) is 44.8 Å². The van der Waals surface area contributed by atoms with Gasteiger partial charge in [0.25, 0.3) is 0 Å². The van der Waals surface area contributed by atoms with Gasteiger partial charge in [-0.1, -0.05) is 30.3 Å². The van der Waals surface area contributed by atoms with Crippen molar-refractivity contribution in [2.75, 3.05) is 32.7 Å². The van der Waals surface area contributed by atoms with Crippen molar-refractivity contribution in [1.29, 1.82) is 0 Å². The van der Waals surface area contributed by atoms with E-state index in [2.05, 4.69) is 35.2 Å². The number of likely N-dealkylation sites (tertiary alicyclic amines) is 2. The van der Waals surface area contributed by atoms with Gasteiger partial charge < -0.3 is 14.2 Å². The van der Waals surface area contributed by atoms with E-state index in [1.54, 1.807) is 18.4 Å². The predicted octanol–water partition coefficient (Wildman–Crippen LogP) is 3.85. The van der Waals surface area contributed by atoms with Crippen LogP contribution in [0.5, 0.6) is 0 Å². The van der Waals surface area contributed by atoms with Crippen LogP contribution in [-0.4, -0.2) is 48.4 Å². The number of furan rings is 1. The largest absolute Gasteiger partial charge is 0.465 e. The van der Waals surface area contributed by atoms with E-state index in [0.29, 0.717) is 0 Å². The van der Waals surface area contributed by atoms with E-state index < -0.39 is 0 Å². The van der Waals surface area contributed by atoms with Crippen molar-refractivity contribution < 1.29 is 9.21 Å². The molecule has 2 aliphatic rings. The van der Waals surface area contributed by atoms with Crippen LogP contribution in [0.4, 0.5) is 0 Å². The Kier molecular flexibility index (Phi) is 5.44. The quantitative estimate of drug-likeness (QED) is 0.756. The summed E-state index contributed by atoms with van der Waals surface area (Å²) < 4.78 is 5.27. The highest BCUT2D eigenvalue weighted by Gasteiger charge is 2.42. The van der Waals surface area contributed by atoms with E-state index in [9.17, 15) is 4.79 Å². The average Bonchev–Trinajstić information content (AvgIpc) is 3.36. The molecule has 0 radical (unpaired) electrons. The Bertz CT molecular complexity index is 769. The van der Waals surface area contributed by atoms with E-state index >= 15 is 0 Å². The Morgan fingerprint density at radius 3 is 2.78 bits per heavy atom. The number of hydrogen-bond donors (Lipinski definition) is 0. The van der Waals surface area contributed by atoms with Gasteiger partial charge >= 0.3 is 0 Å². The third kappa shape index (κ3) is 4.51. The van der Waals surface area contributed by atoms with Gasteiger partial charge in [0.1, 0.15) is 5.76 Å². The molecule has 0 aliphatic carbocycles. The summed E-state index contributed by atoms with van der Waals surface area (Å²) >= 11 is 0. The predicted molar refractivity (Wildman–Crippen MR) is 107 cm³/mol. The number of piperidine rings is 1. The molecule has 2 saturated heterocycles. The second kappa shape index (κ2) is 8.13. The lowest BCUT2D eigenvalue weighted by molar-refractivity contribution is -0.125. The standard InChI is InChI=1S/C23H28N2O2/c26-22(10-9-21-8-4-17-27-21)25-16-13-23(19-25)12-5-14-24(18-23)15-11-20-6-2-1-3-7-20/h1-4,6-10,17H,5,11-16,18-19H2. The van der Waals surface area contributed by atoms with Crippen LogP contribution in [0.1, 0.15) is 30.6 Å². The number of hydrogen-bond acceptors (Lipinski definition) is 3. The molecule has 1 amide bonds. The van der Waals surface area contributed by atoms with Crippen molar-refractivity contribution in [1.82, 2.24) is 9.80 Å². The van der Waals surface area contributed by atoms with E-state index in [1.807, 2.05) is 17.0 Å². The van der Waals surface area contributed by atoms with Crippen molar-refractivity contribution in [2.24, 2.45) is 5.41 Å². The zero-order chi connectivity index (χ0) is 18.5. The van der Waals surface area contributed by atoms with Crippen molar-refractivity contribution in [3.05, 3.63) is 66.1 Å². The molecule has 1 aromatic carbocycles. The summed E-state index contributed by atoms with van der Waals surface area (Å²) in [5.41, 5.74) is 1.69. The second-order valence-corrected chi connectivity index (χ2v) is 7.97. The van der Waals surface area contributed by atoms with Crippen molar-refractivity contribution >= 4 is 12.0 Å². The van der Waals surface area contributed by atoms with Gasteiger partial charge in [-0.25, -0.2) is 0 Å². The minimum atomic E-state index is 0.102. The van der Waals surface area contributed by atoms with Crippen LogP contribution >= 0.6 is 0 Å². The van der Waals surface area contributed by atoms with Crippen LogP contribution in [0.3, 0.4) is 0 Å². The Balaban J connectivity index is 1.31. The van der Waals surface area contributed by atoms with E-state index in [4.69, 9.17) is 4.42 Å². The highest BCUT2D eigenvalue weighted by atomic mass is 16.3. The fourth-order valence-electron chi connectivity index (χ4n) is 4.53. The normalized spacial score (nSPS) is 23.5. The Hall–Kier alpha value is -2.33. The number of benzene rings is 1. The summed E-state index contributed by atoms with van der Waals surface area (Å²) in [4.78, 5) is 17.2. The SMILES string of the molecule is O=C(C=Cc1ccco1)N1CCC2(CCCN(CCc3ccccc3)C2)C1. The zero-order valence-electron chi connectivity index (χ0n) is 15.8. The zero-order valence-corrected chi connectivity index (χ0v) is 15.8. The summed E-state index contributed by atoms with van der Waals surface area (Å²) in [5, 5.41) is 0. The molecule has 2 aliphatic heterocycles. The smallest absolute Gasteiger partial charge is 0.246 e. The van der Waals surface area contributed by atoms with Gasteiger partial charge in [0, 0.05) is 37.7 Å². The Morgan fingerprint density at radius 2 is 1.96 bits per heavy atom. The topological polar surface area (TPSA) is 36.7 Å². The molecule has 2 aromatic rings. The van der Waals surface area contributed by atoms with Crippen LogP contribution in [0, 0.1) is 5.41 Å². The first-order valence-electron chi connectivity index (χ1n) is 9.99. The molecule has 1 atom stereocenters. The summed E-state index contributed by atoms with van der Waals surface area (Å²) in [6.45, 7) is 5.16. The number of rotatable bonds is 5. The van der Waals surface area contributed by atoms with Gasteiger partial charge in [0.15, 0.2) is 0 Å². The fraction of sp³-hybridized carbons (Fsp3) is 0.435. The molecule has 4 nitrogen and oxygen atoms in total. The first kappa shape index (κ1) is 18.1. The van der Waals surface area contributed by atoms with Crippen LogP contribution in [-0.2, 0) is 11.2 Å². The molecule has 1 spiro atoms. The van der Waals surface area contributed by atoms with Gasteiger partial charge in [-0.15, -0.1) is 0 Å². The van der Waals surface area contributed by atoms with Gasteiger partial charge in [0.2, 0.25) is 5.91 Å². The molecule has 142 valence electrons. The van der Waals surface area contributed by atoms with Crippen LogP contribution in [0.25, 0.3) is 6.08 Å². The van der Waals surface area contributed by atoms with Crippen LogP contribution in [0.15, 0.2) is 59.2 Å². The molecular weight excluding hydrogens is 336 g/mol. The first-order chi connectivity index (χ1) is 13.2. The minimum Gasteiger partial charge on any atom is -0.465 e. The lowest BCUT2D eigenvalue weighted by atomic mass is 9.79. The summed E-state index contributed by atoms with van der Waals surface area (Å²) in [6, 6.07) is 14.4. The molecule has 2 fully saturated rings. The lowest BCUT2D eigenvalue weighted by Crippen LogP contribution is -2.45. The maximum Gasteiger partial charge on any atom is 0.246 e. The first-order valence-corrected chi connectivity index (χ1v) is 9.99. The molecule has 27 heavy (non-hydrogen) atoms. The van der Waals surface area contributed by atoms with Crippen LogP contribution < -0.4 is 0 Å². The Morgan fingerprint density at radius 1 is 1.07 bits per heavy atom. The molecule has 4 rings (SSSR count). The van der Waals surface area contributed by atoms with Gasteiger partial charge in [-0.3, -0.25) is 4.79 Å². The number of carbonyl (C=O) groups is 1. The van der Waals surface area contributed by atoms with E-state index in [1.165, 1.54) is 24.9 Å².